The third kappa shape index (κ3) is 6.52. The van der Waals surface area contributed by atoms with Crippen molar-refractivity contribution >= 4 is 9.24 Å². The molecule has 2 N–H and O–H groups in total. The molecule has 1 aromatic heterocycles. The Morgan fingerprint density at radius 3 is 2.53 bits per heavy atom. The second-order valence-corrected chi connectivity index (χ2v) is 10.0. The lowest BCUT2D eigenvalue weighted by Crippen LogP contribution is -2.38. The quantitative estimate of drug-likeness (QED) is 0.280. The van der Waals surface area contributed by atoms with Crippen LogP contribution in [0.5, 0.6) is 0 Å². The van der Waals surface area contributed by atoms with Crippen molar-refractivity contribution in [2.75, 3.05) is 26.8 Å². The first kappa shape index (κ1) is 27.0. The van der Waals surface area contributed by atoms with Crippen molar-refractivity contribution in [3.63, 3.8) is 0 Å². The normalized spacial score (nSPS) is 21.3. The molecule has 0 aliphatic carbocycles. The molecule has 10 heteroatoms. The van der Waals surface area contributed by atoms with E-state index in [1.54, 1.807) is 7.05 Å². The SMILES string of the molecule is CNC[C@@]1(c2cc(C(C)(C)O)c(F)c(-c3ccc(F)cc3)n2)CC(OCCCC(F)(F)P)CO1. The molecule has 1 aliphatic heterocycles. The van der Waals surface area contributed by atoms with Crippen LogP contribution in [-0.4, -0.2) is 48.7 Å². The van der Waals surface area contributed by atoms with Gasteiger partial charge in [0, 0.05) is 37.1 Å². The molecule has 0 amide bonds. The van der Waals surface area contributed by atoms with E-state index in [0.29, 0.717) is 24.2 Å². The van der Waals surface area contributed by atoms with E-state index < -0.39 is 28.5 Å². The van der Waals surface area contributed by atoms with Crippen LogP contribution in [0.2, 0.25) is 0 Å². The van der Waals surface area contributed by atoms with Crippen LogP contribution in [0.25, 0.3) is 11.3 Å². The summed E-state index contributed by atoms with van der Waals surface area (Å²) in [5, 5.41) is 13.7. The molecular weight excluding hydrogens is 471 g/mol. The lowest BCUT2D eigenvalue weighted by atomic mass is 9.88. The van der Waals surface area contributed by atoms with E-state index in [9.17, 15) is 18.3 Å². The van der Waals surface area contributed by atoms with Crippen molar-refractivity contribution in [1.29, 1.82) is 0 Å². The number of alkyl halides is 2. The van der Waals surface area contributed by atoms with Crippen LogP contribution in [0.15, 0.2) is 30.3 Å². The van der Waals surface area contributed by atoms with Crippen molar-refractivity contribution in [1.82, 2.24) is 10.3 Å². The maximum atomic E-state index is 15.5. The molecule has 0 spiro atoms. The summed E-state index contributed by atoms with van der Waals surface area (Å²) in [6, 6.07) is 6.76. The molecule has 2 unspecified atom stereocenters. The summed E-state index contributed by atoms with van der Waals surface area (Å²) in [5.41, 5.74) is -4.59. The number of aliphatic hydroxyl groups is 1. The number of halogens is 4. The van der Waals surface area contributed by atoms with Gasteiger partial charge in [-0.05, 0) is 57.6 Å². The van der Waals surface area contributed by atoms with Gasteiger partial charge in [0.15, 0.2) is 5.82 Å². The molecule has 2 heterocycles. The van der Waals surface area contributed by atoms with Gasteiger partial charge in [-0.2, -0.15) is 0 Å². The molecule has 1 fully saturated rings. The molecule has 0 saturated carbocycles. The molecule has 3 rings (SSSR count). The first-order valence-corrected chi connectivity index (χ1v) is 11.7. The third-order valence-electron chi connectivity index (χ3n) is 5.77. The highest BCUT2D eigenvalue weighted by molar-refractivity contribution is 7.18. The summed E-state index contributed by atoms with van der Waals surface area (Å²) in [7, 11) is 3.26. The summed E-state index contributed by atoms with van der Waals surface area (Å²) in [5.74, 6) is -1.17. The van der Waals surface area contributed by atoms with E-state index in [1.165, 1.54) is 53.4 Å². The van der Waals surface area contributed by atoms with Crippen molar-refractivity contribution in [3.05, 3.63) is 53.2 Å². The van der Waals surface area contributed by atoms with Gasteiger partial charge >= 0.3 is 0 Å². The predicted molar refractivity (Wildman–Crippen MR) is 125 cm³/mol. The second-order valence-electron chi connectivity index (χ2n) is 9.18. The fourth-order valence-corrected chi connectivity index (χ4v) is 4.29. The molecule has 0 radical (unpaired) electrons. The van der Waals surface area contributed by atoms with Crippen molar-refractivity contribution in [2.24, 2.45) is 0 Å². The summed E-state index contributed by atoms with van der Waals surface area (Å²) in [6.45, 7) is 3.63. The molecule has 1 aromatic carbocycles. The first-order valence-electron chi connectivity index (χ1n) is 11.1. The fourth-order valence-electron chi connectivity index (χ4n) is 4.09. The second kappa shape index (κ2) is 10.5. The minimum absolute atomic E-state index is 0.0271. The van der Waals surface area contributed by atoms with Crippen molar-refractivity contribution in [3.8, 4) is 11.3 Å². The highest BCUT2D eigenvalue weighted by atomic mass is 31.0. The molecule has 1 aliphatic rings. The van der Waals surface area contributed by atoms with Gasteiger partial charge < -0.3 is 19.9 Å². The molecule has 3 atom stereocenters. The van der Waals surface area contributed by atoms with E-state index in [1.807, 2.05) is 0 Å². The van der Waals surface area contributed by atoms with Crippen molar-refractivity contribution < 1.29 is 32.1 Å². The monoisotopic (exact) mass is 502 g/mol. The van der Waals surface area contributed by atoms with Crippen LogP contribution >= 0.6 is 9.24 Å². The van der Waals surface area contributed by atoms with Crippen LogP contribution in [0.4, 0.5) is 17.6 Å². The Balaban J connectivity index is 1.95. The lowest BCUT2D eigenvalue weighted by Gasteiger charge is -2.30. The van der Waals surface area contributed by atoms with E-state index in [2.05, 4.69) is 10.3 Å². The smallest absolute Gasteiger partial charge is 0.259 e. The summed E-state index contributed by atoms with van der Waals surface area (Å²) in [4.78, 5) is 4.55. The Morgan fingerprint density at radius 1 is 1.26 bits per heavy atom. The Morgan fingerprint density at radius 2 is 1.94 bits per heavy atom. The number of rotatable bonds is 10. The molecule has 34 heavy (non-hydrogen) atoms. The number of aromatic nitrogens is 1. The Kier molecular flexibility index (Phi) is 8.36. The zero-order chi connectivity index (χ0) is 25.1. The van der Waals surface area contributed by atoms with E-state index in [0.717, 1.165) is 0 Å². The standard InChI is InChI=1S/C24H31F4N2O3P/c1-22(2,31)18-11-19(30-21(20(18)26)15-5-7-16(25)8-6-15)23(14-29-3)12-17(13-33-23)32-10-4-9-24(27,28)34/h5-8,11,17,29,31H,4,9-10,12-14,34H2,1-3H3/t17?,23-/m1/s1. The summed E-state index contributed by atoms with van der Waals surface area (Å²) < 4.78 is 66.9. The predicted octanol–water partition coefficient (Wildman–Crippen LogP) is 4.72. The maximum Gasteiger partial charge on any atom is 0.259 e. The van der Waals surface area contributed by atoms with Crippen LogP contribution in [-0.2, 0) is 20.7 Å². The minimum atomic E-state index is -2.83. The van der Waals surface area contributed by atoms with Crippen LogP contribution in [0.3, 0.4) is 0 Å². The highest BCUT2D eigenvalue weighted by Gasteiger charge is 2.44. The number of hydrogen-bond donors (Lipinski definition) is 2. The molecule has 1 saturated heterocycles. The number of pyridine rings is 1. The third-order valence-corrected chi connectivity index (χ3v) is 6.06. The van der Waals surface area contributed by atoms with Gasteiger partial charge in [-0.25, -0.2) is 22.5 Å². The van der Waals surface area contributed by atoms with E-state index >= 15 is 4.39 Å². The average molecular weight is 502 g/mol. The molecule has 188 valence electrons. The topological polar surface area (TPSA) is 63.6 Å². The van der Waals surface area contributed by atoms with Gasteiger partial charge in [-0.1, -0.05) is 9.24 Å². The molecule has 5 nitrogen and oxygen atoms in total. The summed E-state index contributed by atoms with van der Waals surface area (Å²) >= 11 is 0. The van der Waals surface area contributed by atoms with Gasteiger partial charge in [-0.15, -0.1) is 0 Å². The number of nitrogens with zero attached hydrogens (tertiary/aromatic N) is 1. The minimum Gasteiger partial charge on any atom is -0.386 e. The van der Waals surface area contributed by atoms with Gasteiger partial charge in [-0.3, -0.25) is 0 Å². The Bertz CT molecular complexity index is 980. The van der Waals surface area contributed by atoms with Crippen LogP contribution in [0.1, 0.15) is 44.4 Å². The fraction of sp³-hybridized carbons (Fsp3) is 0.542. The maximum absolute atomic E-state index is 15.5. The van der Waals surface area contributed by atoms with Gasteiger partial charge in [0.05, 0.1) is 24.0 Å². The van der Waals surface area contributed by atoms with Gasteiger partial charge in [0.25, 0.3) is 5.66 Å². The van der Waals surface area contributed by atoms with Crippen LogP contribution in [0, 0.1) is 11.6 Å². The summed E-state index contributed by atoms with van der Waals surface area (Å²) in [6.07, 6.45) is -0.114. The molecule has 2 aromatic rings. The highest BCUT2D eigenvalue weighted by Crippen LogP contribution is 2.40. The zero-order valence-electron chi connectivity index (χ0n) is 19.5. The number of nitrogens with one attached hydrogen (secondary N) is 1. The van der Waals surface area contributed by atoms with E-state index in [-0.39, 0.29) is 43.4 Å². The Labute approximate surface area is 199 Å². The Hall–Kier alpha value is -1.64. The van der Waals surface area contributed by atoms with Gasteiger partial charge in [0.1, 0.15) is 17.1 Å². The van der Waals surface area contributed by atoms with Crippen molar-refractivity contribution in [2.45, 2.75) is 56.1 Å². The molecule has 0 bridgehead atoms. The molecular formula is C24H31F4N2O3P. The van der Waals surface area contributed by atoms with E-state index in [4.69, 9.17) is 9.47 Å². The van der Waals surface area contributed by atoms with Gasteiger partial charge in [0.2, 0.25) is 0 Å². The lowest BCUT2D eigenvalue weighted by molar-refractivity contribution is -0.0102. The largest absolute Gasteiger partial charge is 0.386 e. The number of ether oxygens (including phenoxy) is 2. The van der Waals surface area contributed by atoms with Crippen LogP contribution < -0.4 is 5.32 Å². The number of hydrogen-bond acceptors (Lipinski definition) is 5. The number of likely N-dealkylation sites (N-methyl/N-ethyl adjacent to an activating group) is 1. The zero-order valence-corrected chi connectivity index (χ0v) is 20.7. The average Bonchev–Trinajstić information content (AvgIpc) is 3.15. The number of benzene rings is 1. The first-order chi connectivity index (χ1) is 15.8.